The van der Waals surface area contributed by atoms with E-state index in [9.17, 15) is 15.0 Å². The van der Waals surface area contributed by atoms with Gasteiger partial charge in [0.1, 0.15) is 0 Å². The van der Waals surface area contributed by atoms with Gasteiger partial charge in [0.15, 0.2) is 0 Å². The van der Waals surface area contributed by atoms with Gasteiger partial charge in [0.2, 0.25) is 5.91 Å². The first kappa shape index (κ1) is 12.5. The summed E-state index contributed by atoms with van der Waals surface area (Å²) in [5.74, 6) is 0.125. The zero-order valence-electron chi connectivity index (χ0n) is 9.52. The van der Waals surface area contributed by atoms with Crippen molar-refractivity contribution in [3.63, 3.8) is 0 Å². The summed E-state index contributed by atoms with van der Waals surface area (Å²) in [5.41, 5.74) is 0. The monoisotopic (exact) mass is 215 g/mol. The second kappa shape index (κ2) is 5.47. The fourth-order valence-electron chi connectivity index (χ4n) is 1.99. The van der Waals surface area contributed by atoms with E-state index in [0.29, 0.717) is 13.0 Å². The first-order valence-corrected chi connectivity index (χ1v) is 5.71. The second-order valence-corrected chi connectivity index (χ2v) is 4.40. The molecule has 3 unspecified atom stereocenters. The average molecular weight is 215 g/mol. The highest BCUT2D eigenvalue weighted by Crippen LogP contribution is 2.16. The van der Waals surface area contributed by atoms with Gasteiger partial charge < -0.3 is 15.1 Å². The molecule has 1 heterocycles. The minimum atomic E-state index is -0.781. The van der Waals surface area contributed by atoms with Gasteiger partial charge in [0, 0.05) is 19.0 Å². The molecule has 1 aliphatic heterocycles. The summed E-state index contributed by atoms with van der Waals surface area (Å²) in [6, 6.07) is 0. The topological polar surface area (TPSA) is 60.8 Å². The summed E-state index contributed by atoms with van der Waals surface area (Å²) >= 11 is 0. The molecule has 0 saturated carbocycles. The van der Waals surface area contributed by atoms with E-state index < -0.39 is 12.2 Å². The Kier molecular flexibility index (Phi) is 4.54. The van der Waals surface area contributed by atoms with Gasteiger partial charge in [-0.2, -0.15) is 0 Å². The Balaban J connectivity index is 2.47. The molecule has 0 aromatic rings. The number of aliphatic hydroxyl groups is 2. The number of carbonyl (C=O) groups is 1. The summed E-state index contributed by atoms with van der Waals surface area (Å²) < 4.78 is 0. The highest BCUT2D eigenvalue weighted by molar-refractivity contribution is 5.78. The summed E-state index contributed by atoms with van der Waals surface area (Å²) in [6.07, 6.45) is 0.901. The molecule has 0 aromatic carbocycles. The van der Waals surface area contributed by atoms with Gasteiger partial charge in [-0.1, -0.05) is 20.3 Å². The van der Waals surface area contributed by atoms with E-state index >= 15 is 0 Å². The van der Waals surface area contributed by atoms with Gasteiger partial charge in [0.05, 0.1) is 12.2 Å². The fraction of sp³-hybridized carbons (Fsp3) is 0.909. The molecule has 1 amide bonds. The van der Waals surface area contributed by atoms with Crippen LogP contribution in [0.1, 0.15) is 33.1 Å². The Hall–Kier alpha value is -0.610. The summed E-state index contributed by atoms with van der Waals surface area (Å²) in [7, 11) is 0. The highest BCUT2D eigenvalue weighted by Gasteiger charge is 2.30. The van der Waals surface area contributed by atoms with Crippen LogP contribution in [0.4, 0.5) is 0 Å². The van der Waals surface area contributed by atoms with E-state index in [1.807, 2.05) is 6.92 Å². The highest BCUT2D eigenvalue weighted by atomic mass is 16.3. The number of piperidine rings is 1. The number of rotatable bonds is 3. The van der Waals surface area contributed by atoms with Crippen LogP contribution in [0.25, 0.3) is 0 Å². The van der Waals surface area contributed by atoms with E-state index in [1.165, 1.54) is 0 Å². The van der Waals surface area contributed by atoms with Crippen molar-refractivity contribution >= 4 is 5.91 Å². The smallest absolute Gasteiger partial charge is 0.225 e. The van der Waals surface area contributed by atoms with Crippen molar-refractivity contribution in [2.45, 2.75) is 45.3 Å². The van der Waals surface area contributed by atoms with E-state index in [-0.39, 0.29) is 18.4 Å². The molecule has 2 N–H and O–H groups in total. The molecule has 1 aliphatic rings. The van der Waals surface area contributed by atoms with Gasteiger partial charge in [-0.15, -0.1) is 0 Å². The molecule has 3 atom stereocenters. The molecule has 88 valence electrons. The van der Waals surface area contributed by atoms with Crippen molar-refractivity contribution in [2.24, 2.45) is 5.92 Å². The first-order valence-electron chi connectivity index (χ1n) is 5.71. The van der Waals surface area contributed by atoms with Crippen LogP contribution < -0.4 is 0 Å². The molecule has 15 heavy (non-hydrogen) atoms. The van der Waals surface area contributed by atoms with Crippen LogP contribution in [-0.4, -0.2) is 46.3 Å². The Labute approximate surface area is 90.9 Å². The van der Waals surface area contributed by atoms with E-state index in [1.54, 1.807) is 4.90 Å². The molecule has 4 heteroatoms. The standard InChI is InChI=1S/C11H21NO3/c1-3-4-8(2)11(15)12-6-5-9(13)10(14)7-12/h8-10,13-14H,3-7H2,1-2H3. The predicted octanol–water partition coefficient (Wildman–Crippen LogP) is 0.377. The van der Waals surface area contributed by atoms with Gasteiger partial charge >= 0.3 is 0 Å². The maximum Gasteiger partial charge on any atom is 0.225 e. The molecule has 1 rings (SSSR count). The van der Waals surface area contributed by atoms with Crippen molar-refractivity contribution in [1.82, 2.24) is 4.90 Å². The van der Waals surface area contributed by atoms with Crippen LogP contribution in [0.3, 0.4) is 0 Å². The molecular weight excluding hydrogens is 194 g/mol. The number of hydrogen-bond acceptors (Lipinski definition) is 3. The zero-order chi connectivity index (χ0) is 11.4. The Morgan fingerprint density at radius 3 is 2.67 bits per heavy atom. The fourth-order valence-corrected chi connectivity index (χ4v) is 1.99. The lowest BCUT2D eigenvalue weighted by atomic mass is 10.0. The lowest BCUT2D eigenvalue weighted by Gasteiger charge is -2.34. The quantitative estimate of drug-likeness (QED) is 0.715. The lowest BCUT2D eigenvalue weighted by molar-refractivity contribution is -0.141. The Morgan fingerprint density at radius 1 is 1.47 bits per heavy atom. The van der Waals surface area contributed by atoms with Gasteiger partial charge in [0.25, 0.3) is 0 Å². The molecule has 4 nitrogen and oxygen atoms in total. The summed E-state index contributed by atoms with van der Waals surface area (Å²) in [4.78, 5) is 13.5. The second-order valence-electron chi connectivity index (χ2n) is 4.40. The number of aliphatic hydroxyl groups excluding tert-OH is 2. The number of carbonyl (C=O) groups excluding carboxylic acids is 1. The van der Waals surface area contributed by atoms with Crippen molar-refractivity contribution < 1.29 is 15.0 Å². The van der Waals surface area contributed by atoms with E-state index in [0.717, 1.165) is 12.8 Å². The van der Waals surface area contributed by atoms with Crippen molar-refractivity contribution in [2.75, 3.05) is 13.1 Å². The number of hydrogen-bond donors (Lipinski definition) is 2. The van der Waals surface area contributed by atoms with Crippen LogP contribution in [0.15, 0.2) is 0 Å². The SMILES string of the molecule is CCCC(C)C(=O)N1CCC(O)C(O)C1. The average Bonchev–Trinajstić information content (AvgIpc) is 2.21. The maximum absolute atomic E-state index is 11.9. The minimum Gasteiger partial charge on any atom is -0.390 e. The number of likely N-dealkylation sites (tertiary alicyclic amines) is 1. The summed E-state index contributed by atoms with van der Waals surface area (Å²) in [5, 5.41) is 18.8. The normalized spacial score (nSPS) is 28.9. The zero-order valence-corrected chi connectivity index (χ0v) is 9.52. The van der Waals surface area contributed by atoms with Gasteiger partial charge in [-0.3, -0.25) is 4.79 Å². The third kappa shape index (κ3) is 3.18. The van der Waals surface area contributed by atoms with Crippen LogP contribution in [0, 0.1) is 5.92 Å². The van der Waals surface area contributed by atoms with Crippen molar-refractivity contribution in [1.29, 1.82) is 0 Å². The Morgan fingerprint density at radius 2 is 2.13 bits per heavy atom. The van der Waals surface area contributed by atoms with E-state index in [4.69, 9.17) is 0 Å². The predicted molar refractivity (Wildman–Crippen MR) is 57.3 cm³/mol. The Bertz CT molecular complexity index is 220. The minimum absolute atomic E-state index is 0.0254. The van der Waals surface area contributed by atoms with Crippen LogP contribution in [0.2, 0.25) is 0 Å². The van der Waals surface area contributed by atoms with Gasteiger partial charge in [-0.05, 0) is 12.8 Å². The third-order valence-corrected chi connectivity index (χ3v) is 3.00. The lowest BCUT2D eigenvalue weighted by Crippen LogP contribution is -2.50. The largest absolute Gasteiger partial charge is 0.390 e. The molecule has 1 fully saturated rings. The number of β-amino-alcohol motifs (C(OH)–C–C–N with tert-alkyl or cyclic N) is 1. The van der Waals surface area contributed by atoms with E-state index in [2.05, 4.69) is 6.92 Å². The maximum atomic E-state index is 11.9. The molecule has 0 aromatic heterocycles. The number of nitrogens with zero attached hydrogens (tertiary/aromatic N) is 1. The molecule has 0 aliphatic carbocycles. The molecular formula is C11H21NO3. The molecule has 0 bridgehead atoms. The van der Waals surface area contributed by atoms with Crippen LogP contribution in [-0.2, 0) is 4.79 Å². The molecule has 0 spiro atoms. The number of amides is 1. The molecule has 1 saturated heterocycles. The van der Waals surface area contributed by atoms with Crippen LogP contribution >= 0.6 is 0 Å². The van der Waals surface area contributed by atoms with Crippen molar-refractivity contribution in [3.05, 3.63) is 0 Å². The van der Waals surface area contributed by atoms with Crippen LogP contribution in [0.5, 0.6) is 0 Å². The third-order valence-electron chi connectivity index (χ3n) is 3.00. The summed E-state index contributed by atoms with van der Waals surface area (Å²) in [6.45, 7) is 4.81. The van der Waals surface area contributed by atoms with Crippen molar-refractivity contribution in [3.8, 4) is 0 Å². The van der Waals surface area contributed by atoms with Gasteiger partial charge in [-0.25, -0.2) is 0 Å². The molecule has 0 radical (unpaired) electrons. The first-order chi connectivity index (χ1) is 7.06.